The van der Waals surface area contributed by atoms with Gasteiger partial charge in [0.05, 0.1) is 16.3 Å². The zero-order chi connectivity index (χ0) is 17.1. The van der Waals surface area contributed by atoms with Crippen LogP contribution in [0.4, 0.5) is 13.2 Å². The normalized spacial score (nSPS) is 12.3. The first-order valence-electron chi connectivity index (χ1n) is 7.32. The van der Waals surface area contributed by atoms with Crippen LogP contribution in [0.2, 0.25) is 0 Å². The minimum Gasteiger partial charge on any atom is -0.456 e. The van der Waals surface area contributed by atoms with Crippen molar-refractivity contribution in [2.24, 2.45) is 0 Å². The van der Waals surface area contributed by atoms with E-state index in [1.54, 1.807) is 12.1 Å². The molecule has 4 rings (SSSR count). The van der Waals surface area contributed by atoms with Crippen LogP contribution in [0.25, 0.3) is 32.7 Å². The van der Waals surface area contributed by atoms with Gasteiger partial charge in [-0.05, 0) is 42.0 Å². The average Bonchev–Trinajstić information content (AvgIpc) is 2.52. The van der Waals surface area contributed by atoms with Crippen molar-refractivity contribution in [1.29, 1.82) is 0 Å². The van der Waals surface area contributed by atoms with Crippen LogP contribution in [-0.4, -0.2) is 0 Å². The third kappa shape index (κ3) is 2.16. The van der Waals surface area contributed by atoms with Crippen molar-refractivity contribution in [3.05, 3.63) is 69.9 Å². The van der Waals surface area contributed by atoms with Crippen LogP contribution >= 0.6 is 0 Å². The number of hydrogen-bond donors (Lipinski definition) is 0. The lowest BCUT2D eigenvalue weighted by Gasteiger charge is -2.10. The van der Waals surface area contributed by atoms with Gasteiger partial charge in [0.1, 0.15) is 11.2 Å². The minimum atomic E-state index is -4.62. The van der Waals surface area contributed by atoms with Gasteiger partial charge in [0.25, 0.3) is 0 Å². The van der Waals surface area contributed by atoms with Gasteiger partial charge in [0.15, 0.2) is 0 Å². The summed E-state index contributed by atoms with van der Waals surface area (Å²) in [6.07, 6.45) is -4.62. The molecule has 0 aliphatic carbocycles. The Morgan fingerprint density at radius 3 is 2.46 bits per heavy atom. The molecule has 0 aliphatic heterocycles. The van der Waals surface area contributed by atoms with E-state index in [0.717, 1.165) is 22.4 Å². The Kier molecular flexibility index (Phi) is 2.97. The van der Waals surface area contributed by atoms with E-state index in [-0.39, 0.29) is 16.6 Å². The Balaban J connectivity index is 2.21. The second-order valence-corrected chi connectivity index (χ2v) is 5.81. The zero-order valence-electron chi connectivity index (χ0n) is 12.6. The molecule has 1 aromatic heterocycles. The van der Waals surface area contributed by atoms with E-state index in [9.17, 15) is 18.0 Å². The highest BCUT2D eigenvalue weighted by Gasteiger charge is 2.34. The van der Waals surface area contributed by atoms with Crippen molar-refractivity contribution in [2.45, 2.75) is 13.1 Å². The fourth-order valence-corrected chi connectivity index (χ4v) is 3.00. The second-order valence-electron chi connectivity index (χ2n) is 5.81. The van der Waals surface area contributed by atoms with E-state index < -0.39 is 22.6 Å². The molecule has 1 heterocycles. The van der Waals surface area contributed by atoms with Gasteiger partial charge in [-0.1, -0.05) is 29.8 Å². The minimum absolute atomic E-state index is 0.0613. The summed E-state index contributed by atoms with van der Waals surface area (Å²) in [6, 6.07) is 12.5. The van der Waals surface area contributed by atoms with Gasteiger partial charge >= 0.3 is 6.18 Å². The largest absolute Gasteiger partial charge is 0.456 e. The third-order valence-corrected chi connectivity index (χ3v) is 4.12. The molecule has 0 aliphatic rings. The monoisotopic (exact) mass is 328 g/mol. The van der Waals surface area contributed by atoms with Crippen LogP contribution in [0.3, 0.4) is 0 Å². The third-order valence-electron chi connectivity index (χ3n) is 4.12. The number of halogens is 3. The van der Waals surface area contributed by atoms with Gasteiger partial charge in [0, 0.05) is 0 Å². The average molecular weight is 328 g/mol. The summed E-state index contributed by atoms with van der Waals surface area (Å²) in [5.41, 5.74) is -0.414. The van der Waals surface area contributed by atoms with Crippen molar-refractivity contribution in [1.82, 2.24) is 0 Å². The van der Waals surface area contributed by atoms with E-state index in [1.807, 2.05) is 25.1 Å². The predicted octanol–water partition coefficient (Wildman–Crippen LogP) is 5.43. The van der Waals surface area contributed by atoms with Gasteiger partial charge in [-0.3, -0.25) is 4.79 Å². The van der Waals surface area contributed by atoms with Crippen LogP contribution in [-0.2, 0) is 6.18 Å². The van der Waals surface area contributed by atoms with Gasteiger partial charge < -0.3 is 4.42 Å². The summed E-state index contributed by atoms with van der Waals surface area (Å²) >= 11 is 0. The molecular weight excluding hydrogens is 317 g/mol. The summed E-state index contributed by atoms with van der Waals surface area (Å²) in [6.45, 7) is 1.91. The number of benzene rings is 3. The smallest absolute Gasteiger partial charge is 0.417 e. The Bertz CT molecular complexity index is 1170. The molecule has 0 N–H and O–H groups in total. The molecule has 0 atom stereocenters. The number of aryl methyl sites for hydroxylation is 1. The summed E-state index contributed by atoms with van der Waals surface area (Å²) < 4.78 is 45.3. The Hall–Kier alpha value is -2.82. The highest BCUT2D eigenvalue weighted by Crippen LogP contribution is 2.34. The maximum atomic E-state index is 13.2. The van der Waals surface area contributed by atoms with Crippen LogP contribution in [0.15, 0.2) is 57.7 Å². The molecule has 2 nitrogen and oxygen atoms in total. The lowest BCUT2D eigenvalue weighted by molar-refractivity contribution is -0.136. The molecule has 120 valence electrons. The Morgan fingerprint density at radius 2 is 1.71 bits per heavy atom. The first-order chi connectivity index (χ1) is 11.3. The highest BCUT2D eigenvalue weighted by molar-refractivity contribution is 6.00. The van der Waals surface area contributed by atoms with E-state index in [4.69, 9.17) is 4.42 Å². The first kappa shape index (κ1) is 14.8. The molecule has 24 heavy (non-hydrogen) atoms. The molecule has 4 aromatic rings. The number of hydrogen-bond acceptors (Lipinski definition) is 2. The van der Waals surface area contributed by atoms with E-state index in [2.05, 4.69) is 0 Å². The topological polar surface area (TPSA) is 30.2 Å². The molecule has 0 saturated heterocycles. The van der Waals surface area contributed by atoms with Crippen molar-refractivity contribution >= 4 is 32.7 Å². The van der Waals surface area contributed by atoms with Gasteiger partial charge in [-0.2, -0.15) is 13.2 Å². The van der Waals surface area contributed by atoms with Crippen molar-refractivity contribution < 1.29 is 17.6 Å². The van der Waals surface area contributed by atoms with Gasteiger partial charge in [-0.25, -0.2) is 0 Å². The molecule has 0 amide bonds. The zero-order valence-corrected chi connectivity index (χ0v) is 12.6. The van der Waals surface area contributed by atoms with Crippen LogP contribution in [0.5, 0.6) is 0 Å². The maximum Gasteiger partial charge on any atom is 0.417 e. The van der Waals surface area contributed by atoms with Crippen LogP contribution in [0.1, 0.15) is 11.1 Å². The maximum absolute atomic E-state index is 13.2. The summed E-state index contributed by atoms with van der Waals surface area (Å²) in [5, 5.41) is 1.38. The summed E-state index contributed by atoms with van der Waals surface area (Å²) in [7, 11) is 0. The molecule has 0 fully saturated rings. The lowest BCUT2D eigenvalue weighted by atomic mass is 10.0. The molecule has 0 spiro atoms. The lowest BCUT2D eigenvalue weighted by Crippen LogP contribution is -2.12. The van der Waals surface area contributed by atoms with Crippen molar-refractivity contribution in [3.8, 4) is 0 Å². The molecular formula is C19H11F3O2. The second kappa shape index (κ2) is 4.84. The van der Waals surface area contributed by atoms with Gasteiger partial charge in [-0.15, -0.1) is 0 Å². The van der Waals surface area contributed by atoms with Crippen molar-refractivity contribution in [3.63, 3.8) is 0 Å². The SMILES string of the molecule is Cc1ccc2cc3oc4cccc(C(F)(F)F)c4c(=O)c3cc2c1. The Labute approximate surface area is 134 Å². The standard InChI is InChI=1S/C19H11F3O2/c1-10-5-6-11-9-16-13(8-12(11)7-10)18(23)17-14(19(20,21)22)3-2-4-15(17)24-16/h2-9H,1H3. The fraction of sp³-hybridized carbons (Fsp3) is 0.105. The molecule has 0 radical (unpaired) electrons. The molecule has 3 aromatic carbocycles. The molecule has 5 heteroatoms. The predicted molar refractivity (Wildman–Crippen MR) is 87.2 cm³/mol. The summed E-state index contributed by atoms with van der Waals surface area (Å²) in [5.74, 6) is 0. The number of rotatable bonds is 0. The van der Waals surface area contributed by atoms with E-state index in [0.29, 0.717) is 0 Å². The highest BCUT2D eigenvalue weighted by atomic mass is 19.4. The van der Waals surface area contributed by atoms with Gasteiger partial charge in [0.2, 0.25) is 5.43 Å². The fourth-order valence-electron chi connectivity index (χ4n) is 3.00. The van der Waals surface area contributed by atoms with E-state index in [1.165, 1.54) is 12.1 Å². The molecule has 0 unspecified atom stereocenters. The van der Waals surface area contributed by atoms with E-state index >= 15 is 0 Å². The first-order valence-corrected chi connectivity index (χ1v) is 7.32. The Morgan fingerprint density at radius 1 is 0.917 bits per heavy atom. The molecule has 0 saturated carbocycles. The van der Waals surface area contributed by atoms with Crippen LogP contribution in [0, 0.1) is 6.92 Å². The quantitative estimate of drug-likeness (QED) is 0.403. The molecule has 0 bridgehead atoms. The number of alkyl halides is 3. The number of fused-ring (bicyclic) bond motifs is 3. The summed E-state index contributed by atoms with van der Waals surface area (Å²) in [4.78, 5) is 12.7. The van der Waals surface area contributed by atoms with Crippen LogP contribution < -0.4 is 5.43 Å². The van der Waals surface area contributed by atoms with Crippen molar-refractivity contribution in [2.75, 3.05) is 0 Å².